The summed E-state index contributed by atoms with van der Waals surface area (Å²) in [6.45, 7) is 2.07. The Hall–Kier alpha value is -2.97. The van der Waals surface area contributed by atoms with Crippen LogP contribution in [0.2, 0.25) is 5.02 Å². The Morgan fingerprint density at radius 2 is 1.86 bits per heavy atom. The highest BCUT2D eigenvalue weighted by atomic mass is 35.5. The third kappa shape index (κ3) is 4.16. The Bertz CT molecular complexity index is 1250. The lowest BCUT2D eigenvalue weighted by atomic mass is 9.89. The number of carbonyl (C=O) groups is 3. The van der Waals surface area contributed by atoms with Gasteiger partial charge in [0.05, 0.1) is 0 Å². The summed E-state index contributed by atoms with van der Waals surface area (Å²) < 4.78 is 19.8. The molecule has 3 aliphatic heterocycles. The Labute approximate surface area is 213 Å². The van der Waals surface area contributed by atoms with E-state index in [2.05, 4.69) is 10.2 Å². The van der Waals surface area contributed by atoms with Crippen LogP contribution in [0.15, 0.2) is 36.4 Å². The van der Waals surface area contributed by atoms with Crippen molar-refractivity contribution in [3.8, 4) is 5.75 Å². The van der Waals surface area contributed by atoms with Crippen molar-refractivity contribution in [3.05, 3.63) is 63.9 Å². The van der Waals surface area contributed by atoms with Gasteiger partial charge in [-0.2, -0.15) is 0 Å². The van der Waals surface area contributed by atoms with Crippen LogP contribution in [0.1, 0.15) is 59.5 Å². The molecule has 4 aliphatic rings. The molecule has 0 spiro atoms. The SMILES string of the molecule is O=C1CCC(N2Cc3cc(O[C@@H]4CCC[C@@H]4N4CC(c5ccc(F)cc5Cl)C4)ccc3C2=O)C(=O)N1. The van der Waals surface area contributed by atoms with Crippen molar-refractivity contribution >= 4 is 29.3 Å². The summed E-state index contributed by atoms with van der Waals surface area (Å²) in [5, 5.41) is 2.82. The number of nitrogens with one attached hydrogen (secondary N) is 1. The summed E-state index contributed by atoms with van der Waals surface area (Å²) in [6.07, 6.45) is 3.73. The highest BCUT2D eigenvalue weighted by Crippen LogP contribution is 2.39. The summed E-state index contributed by atoms with van der Waals surface area (Å²) in [5.41, 5.74) is 2.41. The fourth-order valence-electron chi connectivity index (χ4n) is 6.07. The van der Waals surface area contributed by atoms with Gasteiger partial charge in [-0.3, -0.25) is 24.6 Å². The van der Waals surface area contributed by atoms with Crippen LogP contribution in [0, 0.1) is 5.82 Å². The molecule has 0 radical (unpaired) electrons. The van der Waals surface area contributed by atoms with E-state index in [4.69, 9.17) is 16.3 Å². The van der Waals surface area contributed by atoms with Crippen molar-refractivity contribution in [1.82, 2.24) is 15.1 Å². The molecular weight excluding hydrogens is 485 g/mol. The first-order valence-corrected chi connectivity index (χ1v) is 12.9. The monoisotopic (exact) mass is 511 g/mol. The molecule has 1 N–H and O–H groups in total. The lowest BCUT2D eigenvalue weighted by Gasteiger charge is -2.45. The number of amides is 3. The Kier molecular flexibility index (Phi) is 5.96. The topological polar surface area (TPSA) is 79.0 Å². The molecule has 2 aromatic carbocycles. The molecular formula is C27H27ClFN3O4. The smallest absolute Gasteiger partial charge is 0.255 e. The maximum atomic E-state index is 13.4. The van der Waals surface area contributed by atoms with Crippen LogP contribution in [0.5, 0.6) is 5.75 Å². The minimum Gasteiger partial charge on any atom is -0.489 e. The predicted molar refractivity (Wildman–Crippen MR) is 130 cm³/mol. The molecule has 188 valence electrons. The first kappa shape index (κ1) is 23.4. The molecule has 7 nitrogen and oxygen atoms in total. The van der Waals surface area contributed by atoms with Gasteiger partial charge in [0.15, 0.2) is 0 Å². The lowest BCUT2D eigenvalue weighted by Crippen LogP contribution is -2.54. The number of rotatable bonds is 5. The van der Waals surface area contributed by atoms with Gasteiger partial charge in [0.2, 0.25) is 11.8 Å². The quantitative estimate of drug-likeness (QED) is 0.620. The highest BCUT2D eigenvalue weighted by Gasteiger charge is 2.42. The molecule has 3 heterocycles. The van der Waals surface area contributed by atoms with Gasteiger partial charge >= 0.3 is 0 Å². The third-order valence-electron chi connectivity index (χ3n) is 7.98. The minimum atomic E-state index is -0.625. The number of benzene rings is 2. The Balaban J connectivity index is 1.10. The fraction of sp³-hybridized carbons (Fsp3) is 0.444. The van der Waals surface area contributed by atoms with Crippen molar-refractivity contribution in [2.45, 2.75) is 62.8 Å². The summed E-state index contributed by atoms with van der Waals surface area (Å²) in [5.74, 6) is -0.189. The van der Waals surface area contributed by atoms with Crippen LogP contribution >= 0.6 is 11.6 Å². The van der Waals surface area contributed by atoms with E-state index in [0.717, 1.165) is 49.2 Å². The van der Waals surface area contributed by atoms with Gasteiger partial charge in [-0.15, -0.1) is 0 Å². The molecule has 0 aromatic heterocycles. The van der Waals surface area contributed by atoms with E-state index in [9.17, 15) is 18.8 Å². The van der Waals surface area contributed by atoms with Gasteiger partial charge in [-0.1, -0.05) is 17.7 Å². The number of halogens is 2. The maximum Gasteiger partial charge on any atom is 0.255 e. The van der Waals surface area contributed by atoms with E-state index in [1.807, 2.05) is 12.1 Å². The van der Waals surface area contributed by atoms with Gasteiger partial charge in [0.1, 0.15) is 23.7 Å². The summed E-state index contributed by atoms with van der Waals surface area (Å²) in [6, 6.07) is 9.82. The molecule has 1 saturated carbocycles. The van der Waals surface area contributed by atoms with Gasteiger partial charge in [-0.05, 0) is 67.1 Å². The van der Waals surface area contributed by atoms with Crippen molar-refractivity contribution in [3.63, 3.8) is 0 Å². The lowest BCUT2D eigenvalue weighted by molar-refractivity contribution is -0.136. The number of carbonyl (C=O) groups excluding carboxylic acids is 3. The zero-order chi connectivity index (χ0) is 25.0. The standard InChI is InChI=1S/C27H27ClFN3O4/c28-21-11-17(29)4-6-19(21)16-12-31(13-16)22-2-1-3-24(22)36-18-5-7-20-15(10-18)14-32(27(20)35)23-8-9-25(33)30-26(23)34/h4-7,10-11,16,22-24H,1-3,8-9,12-14H2,(H,30,33,34)/t22-,23?,24+/m0/s1. The molecule has 3 atom stereocenters. The van der Waals surface area contributed by atoms with Gasteiger partial charge < -0.3 is 9.64 Å². The summed E-state index contributed by atoms with van der Waals surface area (Å²) in [4.78, 5) is 40.7. The van der Waals surface area contributed by atoms with E-state index >= 15 is 0 Å². The molecule has 1 aliphatic carbocycles. The van der Waals surface area contributed by atoms with Gasteiger partial charge in [0, 0.05) is 48.6 Å². The van der Waals surface area contributed by atoms with E-state index < -0.39 is 11.9 Å². The van der Waals surface area contributed by atoms with Gasteiger partial charge in [-0.25, -0.2) is 4.39 Å². The van der Waals surface area contributed by atoms with Crippen LogP contribution < -0.4 is 10.1 Å². The van der Waals surface area contributed by atoms with Crippen LogP contribution in [-0.4, -0.2) is 58.8 Å². The number of likely N-dealkylation sites (tertiary alicyclic amines) is 1. The molecule has 36 heavy (non-hydrogen) atoms. The Morgan fingerprint density at radius 3 is 2.64 bits per heavy atom. The van der Waals surface area contributed by atoms with Crippen molar-refractivity contribution in [2.24, 2.45) is 0 Å². The normalized spacial score (nSPS) is 26.7. The molecule has 0 bridgehead atoms. The fourth-order valence-corrected chi connectivity index (χ4v) is 6.39. The van der Waals surface area contributed by atoms with Crippen LogP contribution in [-0.2, 0) is 16.1 Å². The third-order valence-corrected chi connectivity index (χ3v) is 8.31. The number of piperidine rings is 1. The number of hydrogen-bond acceptors (Lipinski definition) is 5. The Morgan fingerprint density at radius 1 is 1.03 bits per heavy atom. The van der Waals surface area contributed by atoms with Crippen LogP contribution in [0.25, 0.3) is 0 Å². The van der Waals surface area contributed by atoms with E-state index in [-0.39, 0.29) is 30.2 Å². The number of fused-ring (bicyclic) bond motifs is 1. The second-order valence-electron chi connectivity index (χ2n) is 10.2. The van der Waals surface area contributed by atoms with E-state index in [1.54, 1.807) is 17.0 Å². The van der Waals surface area contributed by atoms with Gasteiger partial charge in [0.25, 0.3) is 5.91 Å². The van der Waals surface area contributed by atoms with Crippen LogP contribution in [0.3, 0.4) is 0 Å². The zero-order valence-corrected chi connectivity index (χ0v) is 20.5. The number of nitrogens with zero attached hydrogens (tertiary/aromatic N) is 2. The minimum absolute atomic E-state index is 0.0519. The molecule has 1 unspecified atom stereocenters. The number of imide groups is 1. The first-order chi connectivity index (χ1) is 17.4. The van der Waals surface area contributed by atoms with E-state index in [1.165, 1.54) is 12.1 Å². The summed E-state index contributed by atoms with van der Waals surface area (Å²) in [7, 11) is 0. The number of hydrogen-bond donors (Lipinski definition) is 1. The maximum absolute atomic E-state index is 13.4. The van der Waals surface area contributed by atoms with Crippen molar-refractivity contribution in [1.29, 1.82) is 0 Å². The van der Waals surface area contributed by atoms with Crippen LogP contribution in [0.4, 0.5) is 4.39 Å². The highest BCUT2D eigenvalue weighted by molar-refractivity contribution is 6.31. The first-order valence-electron chi connectivity index (χ1n) is 12.5. The molecule has 6 rings (SSSR count). The average molecular weight is 512 g/mol. The van der Waals surface area contributed by atoms with Crippen molar-refractivity contribution < 1.29 is 23.5 Å². The summed E-state index contributed by atoms with van der Waals surface area (Å²) >= 11 is 6.26. The molecule has 2 aromatic rings. The average Bonchev–Trinajstić information content (AvgIpc) is 3.38. The molecule has 3 amide bonds. The predicted octanol–water partition coefficient (Wildman–Crippen LogP) is 3.64. The van der Waals surface area contributed by atoms with E-state index in [0.29, 0.717) is 35.5 Å². The van der Waals surface area contributed by atoms with Crippen molar-refractivity contribution in [2.75, 3.05) is 13.1 Å². The molecule has 3 fully saturated rings. The number of ether oxygens (including phenoxy) is 1. The second-order valence-corrected chi connectivity index (χ2v) is 10.6. The molecule has 9 heteroatoms. The molecule has 2 saturated heterocycles. The zero-order valence-electron chi connectivity index (χ0n) is 19.7. The largest absolute Gasteiger partial charge is 0.489 e. The second kappa shape index (κ2) is 9.16.